The molecule has 0 bridgehead atoms. The Bertz CT molecular complexity index is 481. The van der Waals surface area contributed by atoms with Crippen molar-refractivity contribution in [2.45, 2.75) is 19.4 Å². The van der Waals surface area contributed by atoms with E-state index in [1.165, 1.54) is 11.1 Å². The van der Waals surface area contributed by atoms with Crippen LogP contribution in [-0.4, -0.2) is 6.54 Å². The summed E-state index contributed by atoms with van der Waals surface area (Å²) in [6.07, 6.45) is 0.843. The van der Waals surface area contributed by atoms with E-state index in [0.29, 0.717) is 6.54 Å². The Balaban J connectivity index is 2.18. The Labute approximate surface area is 108 Å². The normalized spacial score (nSPS) is 12.1. The van der Waals surface area contributed by atoms with Crippen molar-refractivity contribution in [2.75, 3.05) is 6.54 Å². The van der Waals surface area contributed by atoms with Gasteiger partial charge in [0, 0.05) is 6.42 Å². The van der Waals surface area contributed by atoms with Crippen LogP contribution in [0.4, 0.5) is 0 Å². The van der Waals surface area contributed by atoms with Gasteiger partial charge in [-0.05, 0) is 31.2 Å². The third-order valence-electron chi connectivity index (χ3n) is 2.86. The second-order valence-corrected chi connectivity index (χ2v) is 4.41. The Morgan fingerprint density at radius 3 is 2.50 bits per heavy atom. The summed E-state index contributed by atoms with van der Waals surface area (Å²) in [5, 5.41) is 0. The number of hydrogen-bond donors (Lipinski definition) is 1. The van der Waals surface area contributed by atoms with Gasteiger partial charge in [0.15, 0.2) is 0 Å². The summed E-state index contributed by atoms with van der Waals surface area (Å²) in [4.78, 5) is 0. The summed E-state index contributed by atoms with van der Waals surface area (Å²) in [6.45, 7) is 2.71. The molecule has 2 nitrogen and oxygen atoms in total. The standard InChI is InChI=1S/C16H19NO/c1-13-6-5-7-14(12-13)16(10-11-17)18-15-8-3-2-4-9-15/h2-9,12,16H,10-11,17H2,1H3. The summed E-state index contributed by atoms with van der Waals surface area (Å²) in [5.74, 6) is 0.887. The minimum Gasteiger partial charge on any atom is -0.486 e. The molecule has 0 saturated carbocycles. The van der Waals surface area contributed by atoms with Crippen LogP contribution >= 0.6 is 0 Å². The second kappa shape index (κ2) is 6.22. The van der Waals surface area contributed by atoms with Crippen molar-refractivity contribution in [3.8, 4) is 5.75 Å². The van der Waals surface area contributed by atoms with Gasteiger partial charge in [-0.25, -0.2) is 0 Å². The van der Waals surface area contributed by atoms with E-state index in [0.717, 1.165) is 12.2 Å². The van der Waals surface area contributed by atoms with Crippen LogP contribution in [0.15, 0.2) is 54.6 Å². The zero-order valence-electron chi connectivity index (χ0n) is 10.7. The molecule has 0 spiro atoms. The summed E-state index contributed by atoms with van der Waals surface area (Å²) >= 11 is 0. The molecule has 2 aromatic rings. The molecule has 0 aromatic heterocycles. The Morgan fingerprint density at radius 1 is 1.06 bits per heavy atom. The molecule has 18 heavy (non-hydrogen) atoms. The van der Waals surface area contributed by atoms with Crippen molar-refractivity contribution < 1.29 is 4.74 Å². The molecule has 2 N–H and O–H groups in total. The van der Waals surface area contributed by atoms with Gasteiger partial charge in [-0.1, -0.05) is 48.0 Å². The predicted molar refractivity (Wildman–Crippen MR) is 74.7 cm³/mol. The maximum Gasteiger partial charge on any atom is 0.125 e. The molecular weight excluding hydrogens is 222 g/mol. The molecule has 0 radical (unpaired) electrons. The van der Waals surface area contributed by atoms with E-state index >= 15 is 0 Å². The van der Waals surface area contributed by atoms with Gasteiger partial charge in [-0.2, -0.15) is 0 Å². The molecule has 0 aliphatic heterocycles. The summed E-state index contributed by atoms with van der Waals surface area (Å²) < 4.78 is 6.02. The number of aryl methyl sites for hydroxylation is 1. The van der Waals surface area contributed by atoms with Crippen molar-refractivity contribution in [3.05, 3.63) is 65.7 Å². The van der Waals surface area contributed by atoms with Gasteiger partial charge in [-0.15, -0.1) is 0 Å². The Morgan fingerprint density at radius 2 is 1.83 bits per heavy atom. The van der Waals surface area contributed by atoms with E-state index in [-0.39, 0.29) is 6.10 Å². The first-order chi connectivity index (χ1) is 8.79. The van der Waals surface area contributed by atoms with E-state index in [1.807, 2.05) is 30.3 Å². The third kappa shape index (κ3) is 3.34. The zero-order valence-corrected chi connectivity index (χ0v) is 10.7. The highest BCUT2D eigenvalue weighted by Gasteiger charge is 2.12. The van der Waals surface area contributed by atoms with E-state index < -0.39 is 0 Å². The van der Waals surface area contributed by atoms with Gasteiger partial charge >= 0.3 is 0 Å². The second-order valence-electron chi connectivity index (χ2n) is 4.41. The van der Waals surface area contributed by atoms with Gasteiger partial charge in [-0.3, -0.25) is 0 Å². The molecule has 0 aliphatic rings. The van der Waals surface area contributed by atoms with Crippen molar-refractivity contribution in [1.82, 2.24) is 0 Å². The molecule has 0 heterocycles. The highest BCUT2D eigenvalue weighted by molar-refractivity contribution is 5.27. The van der Waals surface area contributed by atoms with E-state index in [9.17, 15) is 0 Å². The minimum atomic E-state index is 0.0253. The first-order valence-corrected chi connectivity index (χ1v) is 6.28. The Kier molecular flexibility index (Phi) is 4.37. The van der Waals surface area contributed by atoms with E-state index in [2.05, 4.69) is 31.2 Å². The lowest BCUT2D eigenvalue weighted by Gasteiger charge is -2.19. The van der Waals surface area contributed by atoms with E-state index in [1.54, 1.807) is 0 Å². The topological polar surface area (TPSA) is 35.2 Å². The number of ether oxygens (including phenoxy) is 1. The fraction of sp³-hybridized carbons (Fsp3) is 0.250. The van der Waals surface area contributed by atoms with Gasteiger partial charge < -0.3 is 10.5 Å². The van der Waals surface area contributed by atoms with Crippen LogP contribution in [-0.2, 0) is 0 Å². The molecule has 2 heteroatoms. The lowest BCUT2D eigenvalue weighted by atomic mass is 10.0. The van der Waals surface area contributed by atoms with Crippen LogP contribution in [0.1, 0.15) is 23.7 Å². The van der Waals surface area contributed by atoms with Crippen LogP contribution < -0.4 is 10.5 Å². The number of benzene rings is 2. The van der Waals surface area contributed by atoms with Gasteiger partial charge in [0.2, 0.25) is 0 Å². The first-order valence-electron chi connectivity index (χ1n) is 6.28. The van der Waals surface area contributed by atoms with Crippen LogP contribution in [0.2, 0.25) is 0 Å². The molecule has 0 saturated heterocycles. The average molecular weight is 241 g/mol. The van der Waals surface area contributed by atoms with Crippen molar-refractivity contribution in [1.29, 1.82) is 0 Å². The van der Waals surface area contributed by atoms with E-state index in [4.69, 9.17) is 10.5 Å². The number of hydrogen-bond acceptors (Lipinski definition) is 2. The van der Waals surface area contributed by atoms with Crippen molar-refractivity contribution in [2.24, 2.45) is 5.73 Å². The molecule has 2 rings (SSSR count). The van der Waals surface area contributed by atoms with Crippen molar-refractivity contribution >= 4 is 0 Å². The minimum absolute atomic E-state index is 0.0253. The van der Waals surface area contributed by atoms with Gasteiger partial charge in [0.25, 0.3) is 0 Å². The monoisotopic (exact) mass is 241 g/mol. The number of para-hydroxylation sites is 1. The van der Waals surface area contributed by atoms with Gasteiger partial charge in [0.05, 0.1) is 0 Å². The lowest BCUT2D eigenvalue weighted by Crippen LogP contribution is -2.13. The SMILES string of the molecule is Cc1cccc(C(CCN)Oc2ccccc2)c1. The molecule has 1 unspecified atom stereocenters. The molecule has 0 aliphatic carbocycles. The molecule has 0 fully saturated rings. The zero-order chi connectivity index (χ0) is 12.8. The molecular formula is C16H19NO. The van der Waals surface area contributed by atoms with Crippen molar-refractivity contribution in [3.63, 3.8) is 0 Å². The summed E-state index contributed by atoms with van der Waals surface area (Å²) in [6, 6.07) is 18.3. The quantitative estimate of drug-likeness (QED) is 0.870. The molecule has 0 amide bonds. The smallest absolute Gasteiger partial charge is 0.125 e. The van der Waals surface area contributed by atoms with Crippen LogP contribution in [0.3, 0.4) is 0 Å². The average Bonchev–Trinajstić information content (AvgIpc) is 2.39. The fourth-order valence-corrected chi connectivity index (χ4v) is 1.98. The number of rotatable bonds is 5. The fourth-order valence-electron chi connectivity index (χ4n) is 1.98. The first kappa shape index (κ1) is 12.7. The molecule has 2 aromatic carbocycles. The highest BCUT2D eigenvalue weighted by atomic mass is 16.5. The van der Waals surface area contributed by atoms with Crippen LogP contribution in [0, 0.1) is 6.92 Å². The summed E-state index contributed by atoms with van der Waals surface area (Å²) in [7, 11) is 0. The predicted octanol–water partition coefficient (Wildman–Crippen LogP) is 3.46. The maximum absolute atomic E-state index is 6.02. The van der Waals surface area contributed by atoms with Gasteiger partial charge in [0.1, 0.15) is 11.9 Å². The largest absolute Gasteiger partial charge is 0.486 e. The number of nitrogens with two attached hydrogens (primary N) is 1. The highest BCUT2D eigenvalue weighted by Crippen LogP contribution is 2.24. The molecule has 1 atom stereocenters. The van der Waals surface area contributed by atoms with Crippen LogP contribution in [0.25, 0.3) is 0 Å². The lowest BCUT2D eigenvalue weighted by molar-refractivity contribution is 0.197. The maximum atomic E-state index is 6.02. The third-order valence-corrected chi connectivity index (χ3v) is 2.86. The molecule has 94 valence electrons. The summed E-state index contributed by atoms with van der Waals surface area (Å²) in [5.41, 5.74) is 8.10. The van der Waals surface area contributed by atoms with Crippen LogP contribution in [0.5, 0.6) is 5.75 Å². The Hall–Kier alpha value is -1.80.